The summed E-state index contributed by atoms with van der Waals surface area (Å²) in [5, 5.41) is 10.7. The summed E-state index contributed by atoms with van der Waals surface area (Å²) in [5.74, 6) is -1.46. The fourth-order valence-electron chi connectivity index (χ4n) is 3.65. The number of hydrogen-bond donors (Lipinski definition) is 2. The van der Waals surface area contributed by atoms with Crippen LogP contribution in [-0.4, -0.2) is 47.8 Å². The molecule has 9 heteroatoms. The summed E-state index contributed by atoms with van der Waals surface area (Å²) in [6.45, 7) is 3.15. The standard InChI is InChI=1S/C17H20FN5O2.ClH/c1-22-13-9-14(23-6-4-19-5-7-23)12(18)8-11(13)16(21-22)10-2-3-15(24)20-17(10)25;/h8-10,19H,2-7H2,1H3,(H,20,24,25);1H. The minimum Gasteiger partial charge on any atom is -0.367 e. The van der Waals surface area contributed by atoms with Crippen LogP contribution >= 0.6 is 12.4 Å². The summed E-state index contributed by atoms with van der Waals surface area (Å²) >= 11 is 0. The molecular formula is C17H21ClFN5O2. The quantitative estimate of drug-likeness (QED) is 0.761. The predicted molar refractivity (Wildman–Crippen MR) is 98.1 cm³/mol. The van der Waals surface area contributed by atoms with Gasteiger partial charge in [0.2, 0.25) is 11.8 Å². The largest absolute Gasteiger partial charge is 0.367 e. The maximum absolute atomic E-state index is 14.8. The van der Waals surface area contributed by atoms with Crippen molar-refractivity contribution in [2.45, 2.75) is 18.8 Å². The van der Waals surface area contributed by atoms with Crippen molar-refractivity contribution in [3.63, 3.8) is 0 Å². The Bertz CT molecular complexity index is 862. The molecule has 0 aliphatic carbocycles. The van der Waals surface area contributed by atoms with E-state index in [1.54, 1.807) is 17.8 Å². The van der Waals surface area contributed by atoms with Crippen LogP contribution in [0.5, 0.6) is 0 Å². The van der Waals surface area contributed by atoms with Gasteiger partial charge in [0.05, 0.1) is 22.8 Å². The Morgan fingerprint density at radius 3 is 2.65 bits per heavy atom. The summed E-state index contributed by atoms with van der Waals surface area (Å²) in [7, 11) is 1.79. The lowest BCUT2D eigenvalue weighted by Crippen LogP contribution is -2.43. The average Bonchev–Trinajstić information content (AvgIpc) is 2.91. The molecule has 7 nitrogen and oxygen atoms in total. The first kappa shape index (κ1) is 18.6. The Morgan fingerprint density at radius 2 is 1.96 bits per heavy atom. The zero-order chi connectivity index (χ0) is 17.6. The normalized spacial score (nSPS) is 20.8. The first-order chi connectivity index (χ1) is 12.0. The Morgan fingerprint density at radius 1 is 1.23 bits per heavy atom. The second-order valence-electron chi connectivity index (χ2n) is 6.57. The van der Waals surface area contributed by atoms with Gasteiger partial charge in [0, 0.05) is 45.0 Å². The first-order valence-corrected chi connectivity index (χ1v) is 8.50. The van der Waals surface area contributed by atoms with Crippen LogP contribution in [0, 0.1) is 5.82 Å². The highest BCUT2D eigenvalue weighted by atomic mass is 35.5. The molecule has 140 valence electrons. The molecule has 0 radical (unpaired) electrons. The van der Waals surface area contributed by atoms with Crippen molar-refractivity contribution in [2.24, 2.45) is 7.05 Å². The van der Waals surface area contributed by atoms with Gasteiger partial charge in [0.1, 0.15) is 5.82 Å². The number of aromatic nitrogens is 2. The molecule has 0 saturated carbocycles. The third kappa shape index (κ3) is 3.14. The topological polar surface area (TPSA) is 79.3 Å². The van der Waals surface area contributed by atoms with E-state index in [9.17, 15) is 14.0 Å². The number of carbonyl (C=O) groups excluding carboxylic acids is 2. The Kier molecular flexibility index (Phi) is 5.15. The molecule has 2 amide bonds. The van der Waals surface area contributed by atoms with E-state index < -0.39 is 5.92 Å². The summed E-state index contributed by atoms with van der Waals surface area (Å²) in [5.41, 5.74) is 1.88. The van der Waals surface area contributed by atoms with E-state index in [0.29, 0.717) is 23.2 Å². The van der Waals surface area contributed by atoms with Gasteiger partial charge in [-0.15, -0.1) is 12.4 Å². The lowest BCUT2D eigenvalue weighted by Gasteiger charge is -2.29. The molecule has 1 atom stereocenters. The number of hydrogen-bond acceptors (Lipinski definition) is 5. The van der Waals surface area contributed by atoms with E-state index in [2.05, 4.69) is 15.7 Å². The van der Waals surface area contributed by atoms with E-state index >= 15 is 0 Å². The summed E-state index contributed by atoms with van der Waals surface area (Å²) in [6, 6.07) is 3.27. The van der Waals surface area contributed by atoms with E-state index in [4.69, 9.17) is 0 Å². The van der Waals surface area contributed by atoms with Crippen LogP contribution in [0.4, 0.5) is 10.1 Å². The molecule has 1 aromatic heterocycles. The highest BCUT2D eigenvalue weighted by Crippen LogP contribution is 2.33. The number of fused-ring (bicyclic) bond motifs is 1. The molecule has 1 aromatic carbocycles. The van der Waals surface area contributed by atoms with Crippen molar-refractivity contribution in [1.82, 2.24) is 20.4 Å². The Labute approximate surface area is 156 Å². The van der Waals surface area contributed by atoms with Gasteiger partial charge >= 0.3 is 0 Å². The smallest absolute Gasteiger partial charge is 0.235 e. The molecule has 2 N–H and O–H groups in total. The number of aryl methyl sites for hydroxylation is 1. The number of piperidine rings is 1. The van der Waals surface area contributed by atoms with Crippen LogP contribution in [0.2, 0.25) is 0 Å². The lowest BCUT2D eigenvalue weighted by molar-refractivity contribution is -0.134. The maximum Gasteiger partial charge on any atom is 0.235 e. The van der Waals surface area contributed by atoms with Gasteiger partial charge in [-0.1, -0.05) is 0 Å². The van der Waals surface area contributed by atoms with E-state index in [0.717, 1.165) is 31.7 Å². The van der Waals surface area contributed by atoms with E-state index in [1.165, 1.54) is 6.07 Å². The molecule has 26 heavy (non-hydrogen) atoms. The molecule has 2 aliphatic rings. The van der Waals surface area contributed by atoms with Crippen LogP contribution in [0.25, 0.3) is 10.9 Å². The SMILES string of the molecule is Cl.Cn1nc(C2CCC(=O)NC2=O)c2cc(F)c(N3CCNCC3)cc21. The predicted octanol–water partition coefficient (Wildman–Crippen LogP) is 1.06. The number of nitrogens with one attached hydrogen (secondary N) is 2. The lowest BCUT2D eigenvalue weighted by atomic mass is 9.92. The van der Waals surface area contributed by atoms with E-state index in [1.807, 2.05) is 4.90 Å². The van der Waals surface area contributed by atoms with Crippen LogP contribution in [-0.2, 0) is 16.6 Å². The van der Waals surface area contributed by atoms with Gasteiger partial charge in [-0.05, 0) is 18.6 Å². The molecule has 2 aromatic rings. The Hall–Kier alpha value is -2.19. The van der Waals surface area contributed by atoms with Crippen molar-refractivity contribution in [3.05, 3.63) is 23.6 Å². The molecule has 2 fully saturated rings. The Balaban J connectivity index is 0.00000196. The molecule has 0 spiro atoms. The molecule has 2 aliphatic heterocycles. The molecule has 2 saturated heterocycles. The number of carbonyl (C=O) groups is 2. The number of nitrogens with zero attached hydrogens (tertiary/aromatic N) is 3. The molecule has 0 bridgehead atoms. The zero-order valence-electron chi connectivity index (χ0n) is 14.4. The van der Waals surface area contributed by atoms with Crippen LogP contribution < -0.4 is 15.5 Å². The number of piperazine rings is 1. The van der Waals surface area contributed by atoms with Gasteiger partial charge in [0.15, 0.2) is 0 Å². The summed E-state index contributed by atoms with van der Waals surface area (Å²) in [4.78, 5) is 25.5. The molecule has 4 rings (SSSR count). The van der Waals surface area contributed by atoms with Gasteiger partial charge < -0.3 is 10.2 Å². The van der Waals surface area contributed by atoms with Crippen molar-refractivity contribution < 1.29 is 14.0 Å². The molecule has 3 heterocycles. The highest BCUT2D eigenvalue weighted by molar-refractivity contribution is 6.02. The monoisotopic (exact) mass is 381 g/mol. The number of anilines is 1. The fourth-order valence-corrected chi connectivity index (χ4v) is 3.65. The average molecular weight is 382 g/mol. The fraction of sp³-hybridized carbons (Fsp3) is 0.471. The number of benzene rings is 1. The van der Waals surface area contributed by atoms with Crippen molar-refractivity contribution >= 4 is 40.8 Å². The third-order valence-corrected chi connectivity index (χ3v) is 4.97. The van der Waals surface area contributed by atoms with Gasteiger partial charge in [0.25, 0.3) is 0 Å². The van der Waals surface area contributed by atoms with Gasteiger partial charge in [-0.3, -0.25) is 19.6 Å². The second kappa shape index (κ2) is 7.20. The van der Waals surface area contributed by atoms with Gasteiger partial charge in [-0.25, -0.2) is 4.39 Å². The number of imide groups is 1. The molecule has 1 unspecified atom stereocenters. The zero-order valence-corrected chi connectivity index (χ0v) is 15.2. The first-order valence-electron chi connectivity index (χ1n) is 8.50. The van der Waals surface area contributed by atoms with Crippen molar-refractivity contribution in [1.29, 1.82) is 0 Å². The molecular weight excluding hydrogens is 361 g/mol. The number of halogens is 2. The van der Waals surface area contributed by atoms with Crippen molar-refractivity contribution in [3.8, 4) is 0 Å². The number of rotatable bonds is 2. The minimum atomic E-state index is -0.522. The minimum absolute atomic E-state index is 0. The second-order valence-corrected chi connectivity index (χ2v) is 6.57. The van der Waals surface area contributed by atoms with Gasteiger partial charge in [-0.2, -0.15) is 5.10 Å². The summed E-state index contributed by atoms with van der Waals surface area (Å²) < 4.78 is 16.4. The van der Waals surface area contributed by atoms with Crippen LogP contribution in [0.1, 0.15) is 24.5 Å². The van der Waals surface area contributed by atoms with Crippen molar-refractivity contribution in [2.75, 3.05) is 31.1 Å². The number of amides is 2. The van der Waals surface area contributed by atoms with Crippen LogP contribution in [0.3, 0.4) is 0 Å². The third-order valence-electron chi connectivity index (χ3n) is 4.97. The maximum atomic E-state index is 14.8. The van der Waals surface area contributed by atoms with E-state index in [-0.39, 0.29) is 36.5 Å². The summed E-state index contributed by atoms with van der Waals surface area (Å²) in [6.07, 6.45) is 0.674. The highest BCUT2D eigenvalue weighted by Gasteiger charge is 2.32. The van der Waals surface area contributed by atoms with Crippen LogP contribution in [0.15, 0.2) is 12.1 Å².